The molecule has 0 atom stereocenters. The Hall–Kier alpha value is -3.30. The van der Waals surface area contributed by atoms with E-state index >= 15 is 0 Å². The van der Waals surface area contributed by atoms with Gasteiger partial charge >= 0.3 is 0 Å². The van der Waals surface area contributed by atoms with E-state index in [1.165, 1.54) is 0 Å². The topological polar surface area (TPSA) is 82.9 Å². The van der Waals surface area contributed by atoms with Crippen molar-refractivity contribution in [3.05, 3.63) is 60.3 Å². The van der Waals surface area contributed by atoms with E-state index in [2.05, 4.69) is 11.5 Å². The van der Waals surface area contributed by atoms with Crippen LogP contribution < -0.4 is 9.47 Å². The Morgan fingerprint density at radius 1 is 1.06 bits per heavy atom. The lowest BCUT2D eigenvalue weighted by Gasteiger charge is -2.30. The van der Waals surface area contributed by atoms with Crippen molar-refractivity contribution in [2.75, 3.05) is 40.5 Å². The van der Waals surface area contributed by atoms with E-state index in [1.807, 2.05) is 24.3 Å². The second-order valence-corrected chi connectivity index (χ2v) is 9.92. The highest BCUT2D eigenvalue weighted by Crippen LogP contribution is 2.43. The maximum atomic E-state index is 13.2. The minimum absolute atomic E-state index is 0.140. The number of rotatable bonds is 5. The van der Waals surface area contributed by atoms with Gasteiger partial charge in [-0.3, -0.25) is 0 Å². The van der Waals surface area contributed by atoms with E-state index < -0.39 is 9.84 Å². The van der Waals surface area contributed by atoms with E-state index in [0.29, 0.717) is 70.9 Å². The molecule has 3 heterocycles. The first kappa shape index (κ1) is 21.5. The summed E-state index contributed by atoms with van der Waals surface area (Å²) in [5, 5.41) is 4.91. The van der Waals surface area contributed by atoms with Crippen LogP contribution in [0.25, 0.3) is 22.6 Å². The Kier molecular flexibility index (Phi) is 5.38. The van der Waals surface area contributed by atoms with Crippen molar-refractivity contribution >= 4 is 15.5 Å². The summed E-state index contributed by atoms with van der Waals surface area (Å²) in [7, 11) is -0.348. The van der Waals surface area contributed by atoms with Gasteiger partial charge in [0, 0.05) is 42.4 Å². The van der Waals surface area contributed by atoms with Crippen molar-refractivity contribution in [2.45, 2.75) is 10.6 Å². The fraction of sp³-hybridized carbons (Fsp3) is 0.292. The quantitative estimate of drug-likeness (QED) is 0.570. The van der Waals surface area contributed by atoms with Crippen LogP contribution in [-0.2, 0) is 20.3 Å². The van der Waals surface area contributed by atoms with Gasteiger partial charge in [0.15, 0.2) is 9.84 Å². The second-order valence-electron chi connectivity index (χ2n) is 7.96. The van der Waals surface area contributed by atoms with Gasteiger partial charge in [0.05, 0.1) is 55.2 Å². The molecule has 2 aromatic carbocycles. The molecule has 172 valence electrons. The van der Waals surface area contributed by atoms with Crippen LogP contribution >= 0.6 is 0 Å². The Balaban J connectivity index is 1.77. The molecule has 2 aliphatic heterocycles. The number of morpholine rings is 1. The van der Waals surface area contributed by atoms with E-state index in [1.54, 1.807) is 37.1 Å². The van der Waals surface area contributed by atoms with Gasteiger partial charge < -0.3 is 19.1 Å². The predicted octanol–water partition coefficient (Wildman–Crippen LogP) is 3.15. The van der Waals surface area contributed by atoms with E-state index in [0.717, 1.165) is 5.69 Å². The van der Waals surface area contributed by atoms with Crippen LogP contribution in [0, 0.1) is 0 Å². The Bertz CT molecular complexity index is 1320. The number of fused-ring (bicyclic) bond motifs is 3. The number of hydrogen-bond acceptors (Lipinski definition) is 7. The summed E-state index contributed by atoms with van der Waals surface area (Å²) in [5.41, 5.74) is 3.98. The average Bonchev–Trinajstić information content (AvgIpc) is 3.22. The molecular formula is C24H25N3O5S. The summed E-state index contributed by atoms with van der Waals surface area (Å²) >= 11 is 0. The van der Waals surface area contributed by atoms with Crippen LogP contribution in [-0.4, -0.2) is 63.6 Å². The minimum atomic E-state index is -3.52. The van der Waals surface area contributed by atoms with E-state index in [-0.39, 0.29) is 5.75 Å². The maximum absolute atomic E-state index is 13.2. The van der Waals surface area contributed by atoms with Crippen molar-refractivity contribution in [3.63, 3.8) is 0 Å². The van der Waals surface area contributed by atoms with Gasteiger partial charge in [-0.2, -0.15) is 5.10 Å². The lowest BCUT2D eigenvalue weighted by molar-refractivity contribution is 0.0639. The third kappa shape index (κ3) is 3.67. The monoisotopic (exact) mass is 467 g/mol. The minimum Gasteiger partial charge on any atom is -0.497 e. The zero-order valence-electron chi connectivity index (χ0n) is 18.6. The highest BCUT2D eigenvalue weighted by molar-refractivity contribution is 7.90. The SMILES string of the molecule is C=C(c1nn(-c2cc(OC)cc(OC)c2)c2c1CS(=O)(=O)c1ccccc1-2)N1CCOCC1. The van der Waals surface area contributed by atoms with Crippen molar-refractivity contribution in [1.29, 1.82) is 0 Å². The van der Waals surface area contributed by atoms with Gasteiger partial charge in [-0.15, -0.1) is 0 Å². The third-order valence-electron chi connectivity index (χ3n) is 6.04. The molecule has 1 aromatic heterocycles. The lowest BCUT2D eigenvalue weighted by atomic mass is 10.0. The van der Waals surface area contributed by atoms with Crippen LogP contribution in [0.3, 0.4) is 0 Å². The van der Waals surface area contributed by atoms with Gasteiger partial charge in [0.2, 0.25) is 0 Å². The highest BCUT2D eigenvalue weighted by Gasteiger charge is 2.35. The Labute approximate surface area is 192 Å². The van der Waals surface area contributed by atoms with Gasteiger partial charge in [-0.05, 0) is 6.07 Å². The standard InChI is InChI=1S/C24H25N3O5S/c1-16(26-8-10-32-11-9-26)23-21-15-33(28,29)22-7-5-4-6-20(22)24(21)27(25-23)17-12-18(30-2)14-19(13-17)31-3/h4-7,12-14H,1,8-11,15H2,2-3H3. The van der Waals surface area contributed by atoms with Crippen LogP contribution in [0.15, 0.2) is 53.9 Å². The number of methoxy groups -OCH3 is 2. The zero-order valence-corrected chi connectivity index (χ0v) is 19.4. The molecule has 1 fully saturated rings. The molecule has 0 spiro atoms. The molecule has 3 aromatic rings. The summed E-state index contributed by atoms with van der Waals surface area (Å²) in [6.07, 6.45) is 0. The third-order valence-corrected chi connectivity index (χ3v) is 7.74. The summed E-state index contributed by atoms with van der Waals surface area (Å²) in [4.78, 5) is 2.40. The molecule has 9 heteroatoms. The van der Waals surface area contributed by atoms with Crippen LogP contribution in [0.1, 0.15) is 11.3 Å². The second kappa shape index (κ2) is 8.24. The van der Waals surface area contributed by atoms with Crippen molar-refractivity contribution < 1.29 is 22.6 Å². The molecule has 0 amide bonds. The lowest BCUT2D eigenvalue weighted by Crippen LogP contribution is -2.35. The van der Waals surface area contributed by atoms with Crippen molar-refractivity contribution in [2.24, 2.45) is 0 Å². The number of sulfone groups is 1. The summed E-state index contributed by atoms with van der Waals surface area (Å²) in [5.74, 6) is 1.08. The molecule has 8 nitrogen and oxygen atoms in total. The molecule has 33 heavy (non-hydrogen) atoms. The van der Waals surface area contributed by atoms with Gasteiger partial charge in [-0.25, -0.2) is 13.1 Å². The number of nitrogens with zero attached hydrogens (tertiary/aromatic N) is 3. The van der Waals surface area contributed by atoms with Crippen LogP contribution in [0.2, 0.25) is 0 Å². The first-order valence-corrected chi connectivity index (χ1v) is 12.3. The Morgan fingerprint density at radius 3 is 2.39 bits per heavy atom. The zero-order chi connectivity index (χ0) is 23.2. The molecule has 0 aliphatic carbocycles. The van der Waals surface area contributed by atoms with Gasteiger partial charge in [0.25, 0.3) is 0 Å². The molecule has 0 N–H and O–H groups in total. The summed E-state index contributed by atoms with van der Waals surface area (Å²) in [6, 6.07) is 12.5. The number of aromatic nitrogens is 2. The van der Waals surface area contributed by atoms with Gasteiger partial charge in [-0.1, -0.05) is 24.8 Å². The molecule has 1 saturated heterocycles. The first-order valence-electron chi connectivity index (χ1n) is 10.6. The van der Waals surface area contributed by atoms with E-state index in [4.69, 9.17) is 19.3 Å². The summed E-state index contributed by atoms with van der Waals surface area (Å²) in [6.45, 7) is 6.83. The molecule has 0 bridgehead atoms. The molecular weight excluding hydrogens is 442 g/mol. The summed E-state index contributed by atoms with van der Waals surface area (Å²) < 4.78 is 44.5. The predicted molar refractivity (Wildman–Crippen MR) is 124 cm³/mol. The number of benzene rings is 2. The van der Waals surface area contributed by atoms with Crippen LogP contribution in [0.4, 0.5) is 0 Å². The van der Waals surface area contributed by atoms with Crippen LogP contribution in [0.5, 0.6) is 11.5 Å². The number of hydrogen-bond donors (Lipinski definition) is 0. The average molecular weight is 468 g/mol. The Morgan fingerprint density at radius 2 is 1.73 bits per heavy atom. The van der Waals surface area contributed by atoms with E-state index in [9.17, 15) is 8.42 Å². The largest absolute Gasteiger partial charge is 0.497 e. The highest BCUT2D eigenvalue weighted by atomic mass is 32.2. The maximum Gasteiger partial charge on any atom is 0.183 e. The van der Waals surface area contributed by atoms with Gasteiger partial charge in [0.1, 0.15) is 17.2 Å². The molecule has 5 rings (SSSR count). The van der Waals surface area contributed by atoms with Crippen molar-refractivity contribution in [1.82, 2.24) is 14.7 Å². The number of ether oxygens (including phenoxy) is 3. The molecule has 0 saturated carbocycles. The van der Waals surface area contributed by atoms with Crippen molar-refractivity contribution in [3.8, 4) is 28.4 Å². The first-order chi connectivity index (χ1) is 15.9. The molecule has 0 unspecified atom stereocenters. The molecule has 0 radical (unpaired) electrons. The normalized spacial score (nSPS) is 16.6. The smallest absolute Gasteiger partial charge is 0.183 e. The fourth-order valence-corrected chi connectivity index (χ4v) is 5.98. The fourth-order valence-electron chi connectivity index (χ4n) is 4.38. The molecule has 2 aliphatic rings.